The van der Waals surface area contributed by atoms with E-state index in [1.165, 1.54) is 173 Å². The molecule has 0 amide bonds. The summed E-state index contributed by atoms with van der Waals surface area (Å²) in [5, 5.41) is 0. The van der Waals surface area contributed by atoms with Gasteiger partial charge in [0.05, 0.1) is 0 Å². The smallest absolute Gasteiger partial charge is 0.306 e. The highest BCUT2D eigenvalue weighted by molar-refractivity contribution is 5.71. The first-order chi connectivity index (χ1) is 27.4. The van der Waals surface area contributed by atoms with Crippen LogP contribution in [0.25, 0.3) is 0 Å². The second kappa shape index (κ2) is 44.5. The molecule has 0 saturated heterocycles. The van der Waals surface area contributed by atoms with Gasteiger partial charge in [0, 0.05) is 19.3 Å². The molecule has 332 valence electrons. The van der Waals surface area contributed by atoms with Crippen molar-refractivity contribution in [3.05, 3.63) is 0 Å². The van der Waals surface area contributed by atoms with Crippen LogP contribution in [0.1, 0.15) is 278 Å². The van der Waals surface area contributed by atoms with Gasteiger partial charge in [-0.2, -0.15) is 0 Å². The fourth-order valence-electron chi connectivity index (χ4n) is 7.51. The van der Waals surface area contributed by atoms with Crippen LogP contribution in [0, 0.1) is 5.92 Å². The van der Waals surface area contributed by atoms with Gasteiger partial charge in [-0.05, 0) is 25.2 Å². The van der Waals surface area contributed by atoms with Crippen LogP contribution in [0.15, 0.2) is 0 Å². The summed E-state index contributed by atoms with van der Waals surface area (Å²) in [6.45, 7) is 8.98. The molecule has 0 radical (unpaired) electrons. The first-order valence-electron chi connectivity index (χ1n) is 24.9. The van der Waals surface area contributed by atoms with E-state index in [0.717, 1.165) is 63.7 Å². The first kappa shape index (κ1) is 54.4. The van der Waals surface area contributed by atoms with Crippen LogP contribution in [0.4, 0.5) is 0 Å². The molecule has 0 fully saturated rings. The van der Waals surface area contributed by atoms with Crippen LogP contribution in [0.5, 0.6) is 0 Å². The van der Waals surface area contributed by atoms with E-state index >= 15 is 0 Å². The maximum atomic E-state index is 12.7. The molecule has 56 heavy (non-hydrogen) atoms. The third-order valence-electron chi connectivity index (χ3n) is 11.3. The molecule has 0 aromatic carbocycles. The lowest BCUT2D eigenvalue weighted by Crippen LogP contribution is -2.30. The molecule has 0 aliphatic heterocycles. The Morgan fingerprint density at radius 3 is 0.875 bits per heavy atom. The van der Waals surface area contributed by atoms with Crippen LogP contribution in [0.3, 0.4) is 0 Å². The summed E-state index contributed by atoms with van der Waals surface area (Å²) in [4.78, 5) is 37.8. The quantitative estimate of drug-likeness (QED) is 0.0347. The predicted molar refractivity (Wildman–Crippen MR) is 238 cm³/mol. The standard InChI is InChI=1S/C50H96O6/c1-5-7-9-11-13-15-16-17-18-19-20-21-22-26-29-33-37-41-48(51)54-44-47(56-50(53)43-39-35-31-24-14-12-10-8-6-2)45-55-49(52)42-38-34-30-27-23-25-28-32-36-40-46(3)4/h46-47H,5-45H2,1-4H3/t47-/m0/s1. The molecular formula is C50H96O6. The summed E-state index contributed by atoms with van der Waals surface area (Å²) in [6, 6.07) is 0. The molecule has 6 nitrogen and oxygen atoms in total. The van der Waals surface area contributed by atoms with Crippen LogP contribution in [-0.2, 0) is 28.6 Å². The van der Waals surface area contributed by atoms with E-state index in [1.54, 1.807) is 0 Å². The Hall–Kier alpha value is -1.59. The molecule has 0 spiro atoms. The van der Waals surface area contributed by atoms with Crippen LogP contribution in [-0.4, -0.2) is 37.2 Å². The molecule has 0 aromatic heterocycles. The molecule has 0 aromatic rings. The van der Waals surface area contributed by atoms with Crippen molar-refractivity contribution in [2.75, 3.05) is 13.2 Å². The number of ether oxygens (including phenoxy) is 3. The van der Waals surface area contributed by atoms with E-state index in [0.29, 0.717) is 19.3 Å². The lowest BCUT2D eigenvalue weighted by Gasteiger charge is -2.18. The van der Waals surface area contributed by atoms with Crippen molar-refractivity contribution in [1.82, 2.24) is 0 Å². The van der Waals surface area contributed by atoms with Crippen molar-refractivity contribution in [1.29, 1.82) is 0 Å². The SMILES string of the molecule is CCCCCCCCCCCCCCCCCCCC(=O)OC[C@@H](COC(=O)CCCCCCCCCCCC(C)C)OC(=O)CCCCCCCCCCC. The maximum Gasteiger partial charge on any atom is 0.306 e. The van der Waals surface area contributed by atoms with E-state index in [2.05, 4.69) is 27.7 Å². The Bertz CT molecular complexity index is 841. The Morgan fingerprint density at radius 1 is 0.339 bits per heavy atom. The Labute approximate surface area is 348 Å². The van der Waals surface area contributed by atoms with Gasteiger partial charge in [0.1, 0.15) is 13.2 Å². The molecule has 0 aliphatic rings. The summed E-state index contributed by atoms with van der Waals surface area (Å²) >= 11 is 0. The van der Waals surface area contributed by atoms with Gasteiger partial charge in [0.2, 0.25) is 0 Å². The Morgan fingerprint density at radius 2 is 0.589 bits per heavy atom. The highest BCUT2D eigenvalue weighted by atomic mass is 16.6. The van der Waals surface area contributed by atoms with Gasteiger partial charge < -0.3 is 14.2 Å². The molecule has 1 atom stereocenters. The highest BCUT2D eigenvalue weighted by Crippen LogP contribution is 2.17. The first-order valence-corrected chi connectivity index (χ1v) is 24.9. The van der Waals surface area contributed by atoms with Gasteiger partial charge in [-0.15, -0.1) is 0 Å². The molecule has 0 aliphatic carbocycles. The molecule has 0 bridgehead atoms. The van der Waals surface area contributed by atoms with Gasteiger partial charge in [-0.3, -0.25) is 14.4 Å². The van der Waals surface area contributed by atoms with E-state index in [4.69, 9.17) is 14.2 Å². The van der Waals surface area contributed by atoms with Crippen molar-refractivity contribution >= 4 is 17.9 Å². The number of hydrogen-bond donors (Lipinski definition) is 0. The van der Waals surface area contributed by atoms with Crippen LogP contribution >= 0.6 is 0 Å². The van der Waals surface area contributed by atoms with Crippen molar-refractivity contribution < 1.29 is 28.6 Å². The molecule has 0 N–H and O–H groups in total. The second-order valence-corrected chi connectivity index (χ2v) is 17.6. The monoisotopic (exact) mass is 793 g/mol. The molecular weight excluding hydrogens is 697 g/mol. The van der Waals surface area contributed by atoms with Gasteiger partial charge in [-0.25, -0.2) is 0 Å². The fraction of sp³-hybridized carbons (Fsp3) is 0.940. The van der Waals surface area contributed by atoms with Crippen molar-refractivity contribution in [3.63, 3.8) is 0 Å². The lowest BCUT2D eigenvalue weighted by atomic mass is 10.0. The molecule has 0 heterocycles. The summed E-state index contributed by atoms with van der Waals surface area (Å²) < 4.78 is 16.7. The maximum absolute atomic E-state index is 12.7. The summed E-state index contributed by atoms with van der Waals surface area (Å²) in [5.74, 6) is -0.0429. The number of esters is 3. The summed E-state index contributed by atoms with van der Waals surface area (Å²) in [6.07, 6.45) is 45.2. The number of unbranched alkanes of at least 4 members (excludes halogenated alkanes) is 32. The third kappa shape index (κ3) is 43.5. The largest absolute Gasteiger partial charge is 0.462 e. The van der Waals surface area contributed by atoms with Crippen LogP contribution < -0.4 is 0 Å². The predicted octanol–water partition coefficient (Wildman–Crippen LogP) is 15.9. The number of hydrogen-bond acceptors (Lipinski definition) is 6. The zero-order chi connectivity index (χ0) is 41.0. The Kier molecular flexibility index (Phi) is 43.2. The normalized spacial score (nSPS) is 11.9. The average molecular weight is 793 g/mol. The number of carbonyl (C=O) groups is 3. The zero-order valence-electron chi connectivity index (χ0n) is 38.1. The van der Waals surface area contributed by atoms with Crippen molar-refractivity contribution in [2.45, 2.75) is 284 Å². The highest BCUT2D eigenvalue weighted by Gasteiger charge is 2.19. The minimum atomic E-state index is -0.759. The Balaban J connectivity index is 4.23. The second-order valence-electron chi connectivity index (χ2n) is 17.6. The molecule has 0 saturated carbocycles. The summed E-state index contributed by atoms with van der Waals surface area (Å²) in [5.41, 5.74) is 0. The topological polar surface area (TPSA) is 78.9 Å². The third-order valence-corrected chi connectivity index (χ3v) is 11.3. The number of rotatable bonds is 45. The molecule has 6 heteroatoms. The fourth-order valence-corrected chi connectivity index (χ4v) is 7.51. The number of carbonyl (C=O) groups excluding carboxylic acids is 3. The van der Waals surface area contributed by atoms with E-state index < -0.39 is 6.10 Å². The van der Waals surface area contributed by atoms with E-state index in [9.17, 15) is 14.4 Å². The zero-order valence-corrected chi connectivity index (χ0v) is 38.1. The minimum absolute atomic E-state index is 0.0635. The van der Waals surface area contributed by atoms with Gasteiger partial charge in [-0.1, -0.05) is 240 Å². The van der Waals surface area contributed by atoms with E-state index in [-0.39, 0.29) is 31.1 Å². The van der Waals surface area contributed by atoms with E-state index in [1.807, 2.05) is 0 Å². The van der Waals surface area contributed by atoms with Gasteiger partial charge in [0.15, 0.2) is 6.10 Å². The van der Waals surface area contributed by atoms with Gasteiger partial charge >= 0.3 is 17.9 Å². The molecule has 0 unspecified atom stereocenters. The lowest BCUT2D eigenvalue weighted by molar-refractivity contribution is -0.167. The van der Waals surface area contributed by atoms with Crippen molar-refractivity contribution in [3.8, 4) is 0 Å². The molecule has 0 rings (SSSR count). The van der Waals surface area contributed by atoms with Gasteiger partial charge in [0.25, 0.3) is 0 Å². The summed E-state index contributed by atoms with van der Waals surface area (Å²) in [7, 11) is 0. The average Bonchev–Trinajstić information content (AvgIpc) is 3.18. The van der Waals surface area contributed by atoms with Crippen LogP contribution in [0.2, 0.25) is 0 Å². The van der Waals surface area contributed by atoms with Crippen molar-refractivity contribution in [2.24, 2.45) is 5.92 Å². The minimum Gasteiger partial charge on any atom is -0.462 e.